The van der Waals surface area contributed by atoms with Gasteiger partial charge in [-0.05, 0) is 37.2 Å². The van der Waals surface area contributed by atoms with E-state index >= 15 is 0 Å². The summed E-state index contributed by atoms with van der Waals surface area (Å²) in [6.07, 6.45) is 0. The number of halogens is 2. The molecule has 0 unspecified atom stereocenters. The molecular formula is C17H19ClFNO. The van der Waals surface area contributed by atoms with Gasteiger partial charge in [-0.1, -0.05) is 36.7 Å². The largest absolute Gasteiger partial charge is 0.488 e. The average molecular weight is 308 g/mol. The fraction of sp³-hybridized carbons (Fsp3) is 0.294. The van der Waals surface area contributed by atoms with Crippen LogP contribution in [0.4, 0.5) is 4.39 Å². The number of nitrogens with one attached hydrogen (secondary N) is 1. The van der Waals surface area contributed by atoms with Crippen molar-refractivity contribution in [3.05, 3.63) is 63.9 Å². The van der Waals surface area contributed by atoms with Crippen LogP contribution in [0.5, 0.6) is 5.75 Å². The van der Waals surface area contributed by atoms with Gasteiger partial charge in [-0.15, -0.1) is 0 Å². The van der Waals surface area contributed by atoms with Gasteiger partial charge in [-0.3, -0.25) is 0 Å². The van der Waals surface area contributed by atoms with Gasteiger partial charge >= 0.3 is 0 Å². The summed E-state index contributed by atoms with van der Waals surface area (Å²) in [6.45, 7) is 5.94. The van der Waals surface area contributed by atoms with E-state index in [1.807, 2.05) is 25.1 Å². The van der Waals surface area contributed by atoms with Gasteiger partial charge < -0.3 is 10.1 Å². The molecule has 0 radical (unpaired) electrons. The molecule has 0 aliphatic carbocycles. The van der Waals surface area contributed by atoms with Crippen molar-refractivity contribution >= 4 is 11.6 Å². The van der Waals surface area contributed by atoms with Crippen LogP contribution in [-0.4, -0.2) is 6.54 Å². The number of hydrogen-bond donors (Lipinski definition) is 1. The maximum atomic E-state index is 13.3. The minimum Gasteiger partial charge on any atom is -0.488 e. The van der Waals surface area contributed by atoms with Crippen LogP contribution in [-0.2, 0) is 13.2 Å². The molecule has 1 N–H and O–H groups in total. The molecule has 0 aliphatic heterocycles. The lowest BCUT2D eigenvalue weighted by molar-refractivity contribution is 0.299. The lowest BCUT2D eigenvalue weighted by Gasteiger charge is -2.15. The maximum Gasteiger partial charge on any atom is 0.127 e. The maximum absolute atomic E-state index is 13.3. The van der Waals surface area contributed by atoms with E-state index in [9.17, 15) is 4.39 Å². The monoisotopic (exact) mass is 307 g/mol. The Hall–Kier alpha value is -1.58. The van der Waals surface area contributed by atoms with Gasteiger partial charge in [-0.25, -0.2) is 4.39 Å². The van der Waals surface area contributed by atoms with Crippen molar-refractivity contribution in [3.8, 4) is 5.75 Å². The Morgan fingerprint density at radius 1 is 1.19 bits per heavy atom. The minimum atomic E-state index is -0.310. The second-order valence-electron chi connectivity index (χ2n) is 4.87. The molecule has 0 fully saturated rings. The molecule has 0 heterocycles. The predicted octanol–water partition coefficient (Wildman–Crippen LogP) is 4.48. The molecule has 21 heavy (non-hydrogen) atoms. The fourth-order valence-electron chi connectivity index (χ4n) is 2.12. The summed E-state index contributed by atoms with van der Waals surface area (Å²) >= 11 is 6.07. The third-order valence-electron chi connectivity index (χ3n) is 3.24. The second-order valence-corrected chi connectivity index (χ2v) is 5.28. The summed E-state index contributed by atoms with van der Waals surface area (Å²) in [5.41, 5.74) is 2.79. The molecule has 0 atom stereocenters. The summed E-state index contributed by atoms with van der Waals surface area (Å²) < 4.78 is 19.2. The highest BCUT2D eigenvalue weighted by atomic mass is 35.5. The average Bonchev–Trinajstić information content (AvgIpc) is 2.47. The summed E-state index contributed by atoms with van der Waals surface area (Å²) in [4.78, 5) is 0. The Balaban J connectivity index is 2.17. The molecule has 0 aromatic heterocycles. The topological polar surface area (TPSA) is 21.3 Å². The van der Waals surface area contributed by atoms with Crippen molar-refractivity contribution < 1.29 is 9.13 Å². The highest BCUT2D eigenvalue weighted by molar-refractivity contribution is 6.31. The summed E-state index contributed by atoms with van der Waals surface area (Å²) in [6, 6.07) is 10.3. The van der Waals surface area contributed by atoms with Crippen molar-refractivity contribution in [2.24, 2.45) is 0 Å². The van der Waals surface area contributed by atoms with Crippen LogP contribution >= 0.6 is 11.6 Å². The SMILES string of the molecule is CCNCc1cccc(C)c1OCc1cc(F)ccc1Cl. The van der Waals surface area contributed by atoms with Crippen molar-refractivity contribution in [1.29, 1.82) is 0 Å². The number of ether oxygens (including phenoxy) is 1. The van der Waals surface area contributed by atoms with E-state index in [4.69, 9.17) is 16.3 Å². The molecule has 2 nitrogen and oxygen atoms in total. The van der Waals surface area contributed by atoms with Gasteiger partial charge in [-0.2, -0.15) is 0 Å². The van der Waals surface area contributed by atoms with E-state index in [0.29, 0.717) is 10.6 Å². The zero-order valence-corrected chi connectivity index (χ0v) is 13.0. The minimum absolute atomic E-state index is 0.251. The number of benzene rings is 2. The van der Waals surface area contributed by atoms with Crippen LogP contribution in [0.2, 0.25) is 5.02 Å². The Kier molecular flexibility index (Phi) is 5.59. The number of aryl methyl sites for hydroxylation is 1. The van der Waals surface area contributed by atoms with Crippen LogP contribution in [0.1, 0.15) is 23.6 Å². The van der Waals surface area contributed by atoms with E-state index < -0.39 is 0 Å². The third kappa shape index (κ3) is 4.19. The molecule has 0 spiro atoms. The lowest BCUT2D eigenvalue weighted by Crippen LogP contribution is -2.13. The second kappa shape index (κ2) is 7.43. The molecule has 0 saturated heterocycles. The van der Waals surface area contributed by atoms with Gasteiger partial charge in [0.2, 0.25) is 0 Å². The van der Waals surface area contributed by atoms with Gasteiger partial charge in [0.1, 0.15) is 18.2 Å². The zero-order valence-electron chi connectivity index (χ0n) is 12.2. The zero-order chi connectivity index (χ0) is 15.2. The Labute approximate surface area is 129 Å². The van der Waals surface area contributed by atoms with Gasteiger partial charge in [0.25, 0.3) is 0 Å². The van der Waals surface area contributed by atoms with E-state index in [-0.39, 0.29) is 12.4 Å². The molecule has 4 heteroatoms. The quantitative estimate of drug-likeness (QED) is 0.850. The number of rotatable bonds is 6. The molecule has 2 rings (SSSR count). The molecule has 0 saturated carbocycles. The fourth-order valence-corrected chi connectivity index (χ4v) is 2.29. The predicted molar refractivity (Wildman–Crippen MR) is 84.3 cm³/mol. The smallest absolute Gasteiger partial charge is 0.127 e. The normalized spacial score (nSPS) is 10.7. The van der Waals surface area contributed by atoms with E-state index in [1.165, 1.54) is 12.1 Å². The first-order valence-corrected chi connectivity index (χ1v) is 7.35. The van der Waals surface area contributed by atoms with Crippen LogP contribution in [0.3, 0.4) is 0 Å². The Bertz CT molecular complexity index is 616. The molecule has 112 valence electrons. The van der Waals surface area contributed by atoms with Crippen LogP contribution in [0, 0.1) is 12.7 Å². The molecule has 2 aromatic rings. The summed E-state index contributed by atoms with van der Waals surface area (Å²) in [5, 5.41) is 3.80. The van der Waals surface area contributed by atoms with Gasteiger partial charge in [0.15, 0.2) is 0 Å². The van der Waals surface area contributed by atoms with E-state index in [1.54, 1.807) is 6.07 Å². The van der Waals surface area contributed by atoms with Crippen molar-refractivity contribution in [1.82, 2.24) is 5.32 Å². The summed E-state index contributed by atoms with van der Waals surface area (Å²) in [5.74, 6) is 0.523. The number of para-hydroxylation sites is 1. The van der Waals surface area contributed by atoms with Crippen LogP contribution in [0.25, 0.3) is 0 Å². The van der Waals surface area contributed by atoms with Gasteiger partial charge in [0, 0.05) is 22.7 Å². The van der Waals surface area contributed by atoms with Crippen molar-refractivity contribution in [2.75, 3.05) is 6.54 Å². The van der Waals surface area contributed by atoms with E-state index in [2.05, 4.69) is 12.2 Å². The third-order valence-corrected chi connectivity index (χ3v) is 3.61. The molecule has 0 bridgehead atoms. The highest BCUT2D eigenvalue weighted by Crippen LogP contribution is 2.26. The number of hydrogen-bond acceptors (Lipinski definition) is 2. The van der Waals surface area contributed by atoms with Crippen LogP contribution < -0.4 is 10.1 Å². The highest BCUT2D eigenvalue weighted by Gasteiger charge is 2.09. The standard InChI is InChI=1S/C17H19ClFNO/c1-3-20-10-13-6-4-5-12(2)17(13)21-11-14-9-15(19)7-8-16(14)18/h4-9,20H,3,10-11H2,1-2H3. The molecule has 0 amide bonds. The first-order valence-electron chi connectivity index (χ1n) is 6.97. The Morgan fingerprint density at radius 2 is 2.00 bits per heavy atom. The van der Waals surface area contributed by atoms with Crippen molar-refractivity contribution in [3.63, 3.8) is 0 Å². The molecular weight excluding hydrogens is 289 g/mol. The molecule has 2 aromatic carbocycles. The first kappa shape index (κ1) is 15.8. The first-order chi connectivity index (χ1) is 10.1. The van der Waals surface area contributed by atoms with Crippen molar-refractivity contribution in [2.45, 2.75) is 27.0 Å². The Morgan fingerprint density at radius 3 is 2.76 bits per heavy atom. The van der Waals surface area contributed by atoms with E-state index in [0.717, 1.165) is 30.0 Å². The molecule has 0 aliphatic rings. The summed E-state index contributed by atoms with van der Waals surface area (Å²) in [7, 11) is 0. The van der Waals surface area contributed by atoms with Gasteiger partial charge in [0.05, 0.1) is 0 Å². The lowest BCUT2D eigenvalue weighted by atomic mass is 10.1. The van der Waals surface area contributed by atoms with Crippen LogP contribution in [0.15, 0.2) is 36.4 Å².